The van der Waals surface area contributed by atoms with Crippen LogP contribution in [0, 0.1) is 12.7 Å². The number of aryl methyl sites for hydroxylation is 1. The van der Waals surface area contributed by atoms with Gasteiger partial charge in [0.1, 0.15) is 11.6 Å². The molecule has 2 amide bonds. The summed E-state index contributed by atoms with van der Waals surface area (Å²) in [5, 5.41) is 5.64. The number of imidazole rings is 1. The zero-order valence-corrected chi connectivity index (χ0v) is 20.6. The fraction of sp³-hybridized carbons (Fsp3) is 0.214. The number of halogens is 1. The predicted molar refractivity (Wildman–Crippen MR) is 138 cm³/mol. The molecule has 0 aliphatic carbocycles. The fourth-order valence-corrected chi connectivity index (χ4v) is 3.90. The number of amides is 2. The van der Waals surface area contributed by atoms with Crippen molar-refractivity contribution in [3.63, 3.8) is 0 Å². The van der Waals surface area contributed by atoms with Crippen LogP contribution in [0.4, 0.5) is 10.1 Å². The van der Waals surface area contributed by atoms with Crippen molar-refractivity contribution in [2.75, 3.05) is 11.9 Å². The number of fused-ring (bicyclic) bond motifs is 1. The van der Waals surface area contributed by atoms with E-state index in [0.29, 0.717) is 24.4 Å². The summed E-state index contributed by atoms with van der Waals surface area (Å²) in [5.41, 5.74) is 4.13. The number of carbonyl (C=O) groups is 3. The third-order valence-electron chi connectivity index (χ3n) is 5.73. The van der Waals surface area contributed by atoms with Gasteiger partial charge in [-0.15, -0.1) is 0 Å². The van der Waals surface area contributed by atoms with E-state index in [0.717, 1.165) is 28.1 Å². The minimum atomic E-state index is -0.396. The van der Waals surface area contributed by atoms with Gasteiger partial charge in [-0.25, -0.2) is 9.37 Å². The van der Waals surface area contributed by atoms with Gasteiger partial charge in [0.25, 0.3) is 5.91 Å². The Morgan fingerprint density at radius 1 is 0.973 bits per heavy atom. The van der Waals surface area contributed by atoms with E-state index in [1.807, 2.05) is 11.5 Å². The number of carbonyl (C=O) groups excluding carboxylic acids is 3. The second-order valence-electron chi connectivity index (χ2n) is 8.41. The molecule has 8 nitrogen and oxygen atoms in total. The highest BCUT2D eigenvalue weighted by molar-refractivity contribution is 6.06. The molecule has 37 heavy (non-hydrogen) atoms. The Balaban J connectivity index is 1.39. The molecule has 0 radical (unpaired) electrons. The summed E-state index contributed by atoms with van der Waals surface area (Å²) in [6.45, 7) is 4.17. The Hall–Kier alpha value is -4.53. The molecule has 0 aliphatic heterocycles. The average Bonchev–Trinajstić information content (AvgIpc) is 3.22. The van der Waals surface area contributed by atoms with E-state index < -0.39 is 5.97 Å². The van der Waals surface area contributed by atoms with Crippen molar-refractivity contribution in [2.45, 2.75) is 33.2 Å². The number of benzene rings is 3. The highest BCUT2D eigenvalue weighted by Crippen LogP contribution is 2.23. The minimum Gasteiger partial charge on any atom is -0.466 e. The normalized spacial score (nSPS) is 10.8. The van der Waals surface area contributed by atoms with Crippen LogP contribution in [0.15, 0.2) is 66.7 Å². The quantitative estimate of drug-likeness (QED) is 0.324. The topological polar surface area (TPSA) is 102 Å². The monoisotopic (exact) mass is 502 g/mol. The van der Waals surface area contributed by atoms with Crippen LogP contribution in [0.1, 0.15) is 41.5 Å². The van der Waals surface area contributed by atoms with Crippen molar-refractivity contribution in [2.24, 2.45) is 0 Å². The van der Waals surface area contributed by atoms with E-state index in [1.54, 1.807) is 61.5 Å². The molecule has 0 atom stereocenters. The third-order valence-corrected chi connectivity index (χ3v) is 5.73. The zero-order chi connectivity index (χ0) is 26.4. The van der Waals surface area contributed by atoms with Crippen molar-refractivity contribution in [1.29, 1.82) is 0 Å². The lowest BCUT2D eigenvalue weighted by atomic mass is 10.1. The van der Waals surface area contributed by atoms with Crippen LogP contribution in [0.2, 0.25) is 0 Å². The number of rotatable bonds is 9. The Bertz CT molecular complexity index is 1430. The summed E-state index contributed by atoms with van der Waals surface area (Å²) in [6, 6.07) is 18.5. The van der Waals surface area contributed by atoms with Gasteiger partial charge in [-0.2, -0.15) is 0 Å². The second-order valence-corrected chi connectivity index (χ2v) is 8.41. The largest absolute Gasteiger partial charge is 0.466 e. The molecule has 0 aliphatic rings. The maximum atomic E-state index is 13.4. The van der Waals surface area contributed by atoms with Crippen LogP contribution >= 0.6 is 0 Å². The first-order valence-electron chi connectivity index (χ1n) is 11.9. The summed E-state index contributed by atoms with van der Waals surface area (Å²) < 4.78 is 20.1. The van der Waals surface area contributed by atoms with E-state index in [1.165, 1.54) is 12.1 Å². The number of aromatic nitrogens is 2. The molecule has 0 saturated carbocycles. The van der Waals surface area contributed by atoms with Gasteiger partial charge in [-0.3, -0.25) is 19.0 Å². The van der Waals surface area contributed by atoms with Crippen molar-refractivity contribution in [3.8, 4) is 5.69 Å². The number of anilines is 1. The maximum absolute atomic E-state index is 13.4. The van der Waals surface area contributed by atoms with E-state index in [2.05, 4.69) is 15.6 Å². The lowest BCUT2D eigenvalue weighted by Crippen LogP contribution is -2.23. The van der Waals surface area contributed by atoms with Gasteiger partial charge < -0.3 is 15.4 Å². The van der Waals surface area contributed by atoms with E-state index in [-0.39, 0.29) is 30.5 Å². The SMILES string of the molecule is CCOC(=O)CCC(=O)NCc1ccc(NC(=O)c2ccc3nc(C)n(-c4ccc(F)cc4)c3c2)cc1. The molecule has 0 bridgehead atoms. The lowest BCUT2D eigenvalue weighted by molar-refractivity contribution is -0.144. The minimum absolute atomic E-state index is 0.0424. The maximum Gasteiger partial charge on any atom is 0.306 e. The molecule has 1 aromatic heterocycles. The molecule has 0 fully saturated rings. The molecule has 4 aromatic rings. The number of esters is 1. The van der Waals surface area contributed by atoms with Crippen molar-refractivity contribution in [3.05, 3.63) is 89.5 Å². The number of ether oxygens (including phenoxy) is 1. The predicted octanol–water partition coefficient (Wildman–Crippen LogP) is 4.68. The average molecular weight is 503 g/mol. The van der Waals surface area contributed by atoms with Crippen molar-refractivity contribution in [1.82, 2.24) is 14.9 Å². The Morgan fingerprint density at radius 3 is 2.41 bits per heavy atom. The molecule has 0 unspecified atom stereocenters. The number of nitrogens with one attached hydrogen (secondary N) is 2. The number of hydrogen-bond acceptors (Lipinski definition) is 5. The third kappa shape index (κ3) is 6.38. The Kier molecular flexibility index (Phi) is 7.92. The van der Waals surface area contributed by atoms with Gasteiger partial charge in [-0.05, 0) is 74.0 Å². The number of hydrogen-bond donors (Lipinski definition) is 2. The van der Waals surface area contributed by atoms with Crippen LogP contribution < -0.4 is 10.6 Å². The zero-order valence-electron chi connectivity index (χ0n) is 20.6. The molecule has 9 heteroatoms. The molecule has 0 spiro atoms. The highest BCUT2D eigenvalue weighted by Gasteiger charge is 2.14. The van der Waals surface area contributed by atoms with Crippen LogP contribution in [0.5, 0.6) is 0 Å². The molecule has 3 aromatic carbocycles. The molecule has 0 saturated heterocycles. The van der Waals surface area contributed by atoms with Crippen LogP contribution in [0.25, 0.3) is 16.7 Å². The van der Waals surface area contributed by atoms with Crippen LogP contribution in [-0.2, 0) is 20.9 Å². The molecular weight excluding hydrogens is 475 g/mol. The Labute approximate surface area is 213 Å². The van der Waals surface area contributed by atoms with Gasteiger partial charge in [-0.1, -0.05) is 12.1 Å². The van der Waals surface area contributed by atoms with Gasteiger partial charge in [0.05, 0.1) is 24.1 Å². The first-order chi connectivity index (χ1) is 17.8. The molecule has 4 rings (SSSR count). The summed E-state index contributed by atoms with van der Waals surface area (Å²) in [6.07, 6.45) is 0.109. The van der Waals surface area contributed by atoms with Crippen LogP contribution in [0.3, 0.4) is 0 Å². The molecule has 1 heterocycles. The van der Waals surface area contributed by atoms with Gasteiger partial charge in [0.2, 0.25) is 5.91 Å². The molecular formula is C28H27FN4O4. The van der Waals surface area contributed by atoms with Crippen molar-refractivity contribution >= 4 is 34.5 Å². The first kappa shape index (κ1) is 25.6. The smallest absolute Gasteiger partial charge is 0.306 e. The molecule has 190 valence electrons. The summed E-state index contributed by atoms with van der Waals surface area (Å²) in [7, 11) is 0. The van der Waals surface area contributed by atoms with Gasteiger partial charge in [0, 0.05) is 29.9 Å². The molecule has 2 N–H and O–H groups in total. The summed E-state index contributed by atoms with van der Waals surface area (Å²) in [5.74, 6) is -0.523. The van der Waals surface area contributed by atoms with Crippen LogP contribution in [-0.4, -0.2) is 33.9 Å². The summed E-state index contributed by atoms with van der Waals surface area (Å²) in [4.78, 5) is 40.8. The standard InChI is InChI=1S/C28H27FN4O4/c1-3-37-27(35)15-14-26(34)30-17-19-4-9-22(10-5-19)32-28(36)20-6-13-24-25(16-20)33(18(2)31-24)23-11-7-21(29)8-12-23/h4-13,16H,3,14-15,17H2,1-2H3,(H,30,34)(H,32,36). The summed E-state index contributed by atoms with van der Waals surface area (Å²) >= 11 is 0. The Morgan fingerprint density at radius 2 is 1.70 bits per heavy atom. The van der Waals surface area contributed by atoms with E-state index >= 15 is 0 Å². The second kappa shape index (κ2) is 11.5. The van der Waals surface area contributed by atoms with E-state index in [4.69, 9.17) is 4.74 Å². The van der Waals surface area contributed by atoms with Gasteiger partial charge >= 0.3 is 5.97 Å². The van der Waals surface area contributed by atoms with Gasteiger partial charge in [0.15, 0.2) is 0 Å². The lowest BCUT2D eigenvalue weighted by Gasteiger charge is -2.09. The van der Waals surface area contributed by atoms with E-state index in [9.17, 15) is 18.8 Å². The first-order valence-corrected chi connectivity index (χ1v) is 11.9. The van der Waals surface area contributed by atoms with Crippen molar-refractivity contribution < 1.29 is 23.5 Å². The highest BCUT2D eigenvalue weighted by atomic mass is 19.1. The number of nitrogens with zero attached hydrogens (tertiary/aromatic N) is 2. The fourth-order valence-electron chi connectivity index (χ4n) is 3.90.